The SMILES string of the molecule is CCCNCc1sc(N(CCC)CC2CC2)nc1C1CC1. The summed E-state index contributed by atoms with van der Waals surface area (Å²) in [5, 5.41) is 4.85. The van der Waals surface area contributed by atoms with Gasteiger partial charge < -0.3 is 10.2 Å². The fourth-order valence-corrected chi connectivity index (χ4v) is 3.96. The molecule has 1 heterocycles. The predicted molar refractivity (Wildman–Crippen MR) is 91.3 cm³/mol. The number of nitrogens with one attached hydrogen (secondary N) is 1. The monoisotopic (exact) mass is 307 g/mol. The van der Waals surface area contributed by atoms with Crippen LogP contribution < -0.4 is 10.2 Å². The number of aromatic nitrogens is 1. The van der Waals surface area contributed by atoms with Crippen LogP contribution >= 0.6 is 11.3 Å². The Morgan fingerprint density at radius 3 is 2.62 bits per heavy atom. The summed E-state index contributed by atoms with van der Waals surface area (Å²) in [4.78, 5) is 9.11. The van der Waals surface area contributed by atoms with Gasteiger partial charge in [-0.1, -0.05) is 13.8 Å². The van der Waals surface area contributed by atoms with Gasteiger partial charge in [-0.25, -0.2) is 4.98 Å². The largest absolute Gasteiger partial charge is 0.348 e. The third-order valence-corrected chi connectivity index (χ3v) is 5.46. The summed E-state index contributed by atoms with van der Waals surface area (Å²) in [5.41, 5.74) is 1.41. The Bertz CT molecular complexity index is 449. The van der Waals surface area contributed by atoms with E-state index in [1.165, 1.54) is 60.8 Å². The summed E-state index contributed by atoms with van der Waals surface area (Å²) in [6, 6.07) is 0. The molecule has 0 spiro atoms. The molecule has 3 nitrogen and oxygen atoms in total. The van der Waals surface area contributed by atoms with E-state index < -0.39 is 0 Å². The molecular weight excluding hydrogens is 278 g/mol. The van der Waals surface area contributed by atoms with E-state index >= 15 is 0 Å². The van der Waals surface area contributed by atoms with Gasteiger partial charge in [0, 0.05) is 30.4 Å². The third-order valence-electron chi connectivity index (χ3n) is 4.33. The summed E-state index contributed by atoms with van der Waals surface area (Å²) in [5.74, 6) is 1.70. The Morgan fingerprint density at radius 1 is 1.19 bits per heavy atom. The topological polar surface area (TPSA) is 28.2 Å². The molecule has 0 atom stereocenters. The van der Waals surface area contributed by atoms with Crippen LogP contribution in [0.15, 0.2) is 0 Å². The van der Waals surface area contributed by atoms with Crippen molar-refractivity contribution in [3.05, 3.63) is 10.6 Å². The first-order chi connectivity index (χ1) is 10.3. The van der Waals surface area contributed by atoms with Gasteiger partial charge in [-0.05, 0) is 51.0 Å². The van der Waals surface area contributed by atoms with Crippen LogP contribution in [0.3, 0.4) is 0 Å². The molecule has 118 valence electrons. The Labute approximate surface area is 133 Å². The summed E-state index contributed by atoms with van der Waals surface area (Å²) < 4.78 is 0. The van der Waals surface area contributed by atoms with E-state index in [1.807, 2.05) is 11.3 Å². The molecule has 0 saturated heterocycles. The van der Waals surface area contributed by atoms with E-state index in [9.17, 15) is 0 Å². The highest BCUT2D eigenvalue weighted by atomic mass is 32.1. The lowest BCUT2D eigenvalue weighted by Gasteiger charge is -2.20. The molecule has 1 aromatic rings. The van der Waals surface area contributed by atoms with Crippen molar-refractivity contribution in [1.82, 2.24) is 10.3 Å². The van der Waals surface area contributed by atoms with Crippen LogP contribution in [0.5, 0.6) is 0 Å². The van der Waals surface area contributed by atoms with E-state index in [4.69, 9.17) is 4.98 Å². The Morgan fingerprint density at radius 2 is 2.00 bits per heavy atom. The van der Waals surface area contributed by atoms with E-state index in [1.54, 1.807) is 0 Å². The molecule has 2 saturated carbocycles. The quantitative estimate of drug-likeness (QED) is 0.658. The van der Waals surface area contributed by atoms with Gasteiger partial charge in [0.2, 0.25) is 0 Å². The summed E-state index contributed by atoms with van der Waals surface area (Å²) in [6.45, 7) is 9.02. The molecule has 2 fully saturated rings. The summed E-state index contributed by atoms with van der Waals surface area (Å²) >= 11 is 1.95. The molecule has 2 aliphatic rings. The number of nitrogens with zero attached hydrogens (tertiary/aromatic N) is 2. The molecule has 1 aromatic heterocycles. The van der Waals surface area contributed by atoms with Crippen LogP contribution in [0.4, 0.5) is 5.13 Å². The molecule has 0 radical (unpaired) electrons. The van der Waals surface area contributed by atoms with E-state index in [-0.39, 0.29) is 0 Å². The summed E-state index contributed by atoms with van der Waals surface area (Å²) in [6.07, 6.45) is 7.96. The van der Waals surface area contributed by atoms with Crippen molar-refractivity contribution in [2.45, 2.75) is 64.8 Å². The second-order valence-corrected chi connectivity index (χ2v) is 7.71. The highest BCUT2D eigenvalue weighted by Crippen LogP contribution is 2.44. The molecule has 0 unspecified atom stereocenters. The average Bonchev–Trinajstić information content (AvgIpc) is 3.39. The summed E-state index contributed by atoms with van der Waals surface area (Å²) in [7, 11) is 0. The smallest absolute Gasteiger partial charge is 0.185 e. The number of thiazole rings is 1. The van der Waals surface area contributed by atoms with Crippen LogP contribution in [-0.4, -0.2) is 24.6 Å². The molecule has 0 aliphatic heterocycles. The molecule has 4 heteroatoms. The van der Waals surface area contributed by atoms with E-state index in [0.29, 0.717) is 0 Å². The fraction of sp³-hybridized carbons (Fsp3) is 0.824. The number of hydrogen-bond donors (Lipinski definition) is 1. The first-order valence-electron chi connectivity index (χ1n) is 8.77. The first-order valence-corrected chi connectivity index (χ1v) is 9.58. The first kappa shape index (κ1) is 15.3. The number of rotatable bonds is 10. The molecule has 0 bridgehead atoms. The van der Waals surface area contributed by atoms with Crippen molar-refractivity contribution in [3.63, 3.8) is 0 Å². The Balaban J connectivity index is 1.71. The maximum atomic E-state index is 5.06. The zero-order valence-electron chi connectivity index (χ0n) is 13.5. The Kier molecular flexibility index (Phi) is 5.17. The van der Waals surface area contributed by atoms with Gasteiger partial charge >= 0.3 is 0 Å². The van der Waals surface area contributed by atoms with Crippen molar-refractivity contribution < 1.29 is 0 Å². The van der Waals surface area contributed by atoms with Crippen LogP contribution in [0.25, 0.3) is 0 Å². The zero-order valence-corrected chi connectivity index (χ0v) is 14.3. The van der Waals surface area contributed by atoms with Gasteiger partial charge in [-0.2, -0.15) is 0 Å². The van der Waals surface area contributed by atoms with Gasteiger partial charge in [0.15, 0.2) is 5.13 Å². The maximum Gasteiger partial charge on any atom is 0.185 e. The zero-order chi connectivity index (χ0) is 14.7. The van der Waals surface area contributed by atoms with Gasteiger partial charge in [0.25, 0.3) is 0 Å². The highest BCUT2D eigenvalue weighted by Gasteiger charge is 2.31. The molecule has 2 aliphatic carbocycles. The van der Waals surface area contributed by atoms with E-state index in [2.05, 4.69) is 24.1 Å². The van der Waals surface area contributed by atoms with Crippen LogP contribution in [0.2, 0.25) is 0 Å². The lowest BCUT2D eigenvalue weighted by Crippen LogP contribution is -2.26. The van der Waals surface area contributed by atoms with Crippen molar-refractivity contribution in [1.29, 1.82) is 0 Å². The second kappa shape index (κ2) is 7.10. The van der Waals surface area contributed by atoms with Crippen molar-refractivity contribution in [3.8, 4) is 0 Å². The third kappa shape index (κ3) is 4.19. The lowest BCUT2D eigenvalue weighted by atomic mass is 10.2. The standard InChI is InChI=1S/C17H29N3S/c1-3-9-18-11-15-16(14-7-8-14)19-17(21-15)20(10-4-2)12-13-5-6-13/h13-14,18H,3-12H2,1-2H3. The highest BCUT2D eigenvalue weighted by molar-refractivity contribution is 7.15. The second-order valence-electron chi connectivity index (χ2n) is 6.65. The van der Waals surface area contributed by atoms with Crippen LogP contribution in [0, 0.1) is 5.92 Å². The average molecular weight is 308 g/mol. The maximum absolute atomic E-state index is 5.06. The van der Waals surface area contributed by atoms with Crippen molar-refractivity contribution in [2.75, 3.05) is 24.5 Å². The molecule has 21 heavy (non-hydrogen) atoms. The predicted octanol–water partition coefficient (Wildman–Crippen LogP) is 4.15. The normalized spacial score (nSPS) is 18.2. The van der Waals surface area contributed by atoms with Crippen LogP contribution in [0.1, 0.15) is 68.9 Å². The molecule has 3 rings (SSSR count). The van der Waals surface area contributed by atoms with Gasteiger partial charge in [0.1, 0.15) is 0 Å². The van der Waals surface area contributed by atoms with E-state index in [0.717, 1.165) is 31.5 Å². The fourth-order valence-electron chi connectivity index (χ4n) is 2.81. The molecular formula is C17H29N3S. The minimum absolute atomic E-state index is 0.762. The Hall–Kier alpha value is -0.610. The van der Waals surface area contributed by atoms with Gasteiger partial charge in [0.05, 0.1) is 5.69 Å². The number of hydrogen-bond acceptors (Lipinski definition) is 4. The lowest BCUT2D eigenvalue weighted by molar-refractivity contribution is 0.676. The minimum atomic E-state index is 0.762. The van der Waals surface area contributed by atoms with Crippen molar-refractivity contribution in [2.24, 2.45) is 5.92 Å². The van der Waals surface area contributed by atoms with Crippen molar-refractivity contribution >= 4 is 16.5 Å². The van der Waals surface area contributed by atoms with Gasteiger partial charge in [-0.3, -0.25) is 0 Å². The molecule has 0 aromatic carbocycles. The number of anilines is 1. The minimum Gasteiger partial charge on any atom is -0.348 e. The molecule has 1 N–H and O–H groups in total. The van der Waals surface area contributed by atoms with Gasteiger partial charge in [-0.15, -0.1) is 11.3 Å². The molecule has 0 amide bonds. The van der Waals surface area contributed by atoms with Crippen LogP contribution in [-0.2, 0) is 6.54 Å².